The van der Waals surface area contributed by atoms with Gasteiger partial charge in [-0.1, -0.05) is 55.9 Å². The van der Waals surface area contributed by atoms with Gasteiger partial charge in [-0.3, -0.25) is 14.5 Å². The summed E-state index contributed by atoms with van der Waals surface area (Å²) in [5.74, 6) is 0.682. The van der Waals surface area contributed by atoms with E-state index in [9.17, 15) is 22.8 Å². The van der Waals surface area contributed by atoms with E-state index in [1.165, 1.54) is 40.2 Å². The zero-order valence-electron chi connectivity index (χ0n) is 25.1. The number of carbonyl (C=O) groups is 2. The van der Waals surface area contributed by atoms with Gasteiger partial charge in [0, 0.05) is 11.6 Å². The number of urea groups is 1. The Balaban J connectivity index is 1.21. The number of nitrogens with one attached hydrogen (secondary N) is 1. The summed E-state index contributed by atoms with van der Waals surface area (Å²) < 4.78 is 47.9. The molecule has 0 bridgehead atoms. The average Bonchev–Trinajstić information content (AvgIpc) is 3.66. The number of hydrogen-bond acceptors (Lipinski definition) is 8. The topological polar surface area (TPSA) is 120 Å². The third-order valence-corrected chi connectivity index (χ3v) is 7.77. The van der Waals surface area contributed by atoms with Gasteiger partial charge in [-0.2, -0.15) is 4.99 Å². The fourth-order valence-electron chi connectivity index (χ4n) is 4.55. The standard InChI is InChI=1S/C31H29F3N6O5S/c1-18(2)25-14-13-24(43-4)15-26(25)40-27(41)16-46-30(40)36-29(42)38-45-19(3)20-5-7-21(8-6-20)28-35-17-39(37-28)22-9-11-23(12-10-22)44-31(32,33)34/h5-15,17-19H,16H2,1-4H3,(H,38,42)/b36-30-. The summed E-state index contributed by atoms with van der Waals surface area (Å²) in [5.41, 5.74) is 5.78. The monoisotopic (exact) mass is 654 g/mol. The normalized spacial score (nSPS) is 15.0. The molecular weight excluding hydrogens is 625 g/mol. The minimum atomic E-state index is -4.77. The van der Waals surface area contributed by atoms with E-state index in [2.05, 4.69) is 25.3 Å². The van der Waals surface area contributed by atoms with Gasteiger partial charge >= 0.3 is 12.4 Å². The molecule has 1 fully saturated rings. The first-order valence-corrected chi connectivity index (χ1v) is 15.0. The molecular formula is C31H29F3N6O5S. The number of ether oxygens (including phenoxy) is 2. The van der Waals surface area contributed by atoms with Crippen LogP contribution in [0.4, 0.5) is 23.7 Å². The highest BCUT2D eigenvalue weighted by molar-refractivity contribution is 8.15. The van der Waals surface area contributed by atoms with Crippen LogP contribution in [0.5, 0.6) is 11.5 Å². The molecule has 240 valence electrons. The van der Waals surface area contributed by atoms with E-state index in [1.54, 1.807) is 44.4 Å². The Morgan fingerprint density at radius 2 is 1.72 bits per heavy atom. The van der Waals surface area contributed by atoms with Crippen molar-refractivity contribution >= 4 is 34.6 Å². The second-order valence-corrected chi connectivity index (χ2v) is 11.3. The molecule has 3 amide bonds. The third kappa shape index (κ3) is 7.66. The number of amidine groups is 1. The molecule has 1 saturated heterocycles. The van der Waals surface area contributed by atoms with Crippen molar-refractivity contribution in [1.29, 1.82) is 0 Å². The lowest BCUT2D eigenvalue weighted by atomic mass is 10.00. The van der Waals surface area contributed by atoms with Gasteiger partial charge in [-0.25, -0.2) is 19.9 Å². The van der Waals surface area contributed by atoms with Crippen molar-refractivity contribution in [3.05, 3.63) is 84.2 Å². The number of amides is 3. The number of anilines is 1. The van der Waals surface area contributed by atoms with Crippen molar-refractivity contribution in [1.82, 2.24) is 20.2 Å². The van der Waals surface area contributed by atoms with E-state index < -0.39 is 18.5 Å². The quantitative estimate of drug-likeness (QED) is 0.196. The molecule has 3 aromatic carbocycles. The number of methoxy groups -OCH3 is 1. The molecule has 4 aromatic rings. The number of aromatic nitrogens is 3. The molecule has 1 aliphatic heterocycles. The summed E-state index contributed by atoms with van der Waals surface area (Å²) in [6.07, 6.45) is -3.88. The predicted molar refractivity (Wildman–Crippen MR) is 166 cm³/mol. The lowest BCUT2D eigenvalue weighted by Crippen LogP contribution is -2.32. The Labute approximate surface area is 266 Å². The molecule has 0 saturated carbocycles. The number of hydroxylamine groups is 1. The molecule has 1 unspecified atom stereocenters. The lowest BCUT2D eigenvalue weighted by Gasteiger charge is -2.22. The van der Waals surface area contributed by atoms with Crippen molar-refractivity contribution in [3.63, 3.8) is 0 Å². The maximum Gasteiger partial charge on any atom is 0.573 e. The first kappa shape index (κ1) is 32.5. The van der Waals surface area contributed by atoms with E-state index >= 15 is 0 Å². The van der Waals surface area contributed by atoms with Gasteiger partial charge < -0.3 is 9.47 Å². The zero-order chi connectivity index (χ0) is 33.0. The Bertz CT molecular complexity index is 1740. The molecule has 2 heterocycles. The summed E-state index contributed by atoms with van der Waals surface area (Å²) in [6, 6.07) is 17.1. The number of thioether (sulfide) groups is 1. The van der Waals surface area contributed by atoms with Crippen molar-refractivity contribution in [2.75, 3.05) is 17.8 Å². The maximum atomic E-state index is 12.8. The minimum absolute atomic E-state index is 0.110. The molecule has 1 atom stereocenters. The minimum Gasteiger partial charge on any atom is -0.497 e. The summed E-state index contributed by atoms with van der Waals surface area (Å²) in [5, 5.41) is 4.63. The Morgan fingerprint density at radius 3 is 2.37 bits per heavy atom. The van der Waals surface area contributed by atoms with Crippen LogP contribution in [-0.2, 0) is 9.63 Å². The summed E-state index contributed by atoms with van der Waals surface area (Å²) >= 11 is 1.16. The van der Waals surface area contributed by atoms with Crippen LogP contribution < -0.4 is 19.9 Å². The van der Waals surface area contributed by atoms with Crippen LogP contribution in [0, 0.1) is 0 Å². The van der Waals surface area contributed by atoms with Crippen molar-refractivity contribution in [2.45, 2.75) is 39.2 Å². The smallest absolute Gasteiger partial charge is 0.497 e. The molecule has 0 aliphatic carbocycles. The van der Waals surface area contributed by atoms with Gasteiger partial charge in [0.25, 0.3) is 0 Å². The summed E-state index contributed by atoms with van der Waals surface area (Å²) in [6.45, 7) is 5.76. The second kappa shape index (κ2) is 13.6. The summed E-state index contributed by atoms with van der Waals surface area (Å²) in [4.78, 5) is 40.9. The van der Waals surface area contributed by atoms with E-state index in [-0.39, 0.29) is 28.5 Å². The number of carbonyl (C=O) groups excluding carboxylic acids is 2. The van der Waals surface area contributed by atoms with E-state index in [1.807, 2.05) is 26.0 Å². The average molecular weight is 655 g/mol. The van der Waals surface area contributed by atoms with Gasteiger partial charge in [0.2, 0.25) is 5.91 Å². The number of nitrogens with zero attached hydrogens (tertiary/aromatic N) is 5. The van der Waals surface area contributed by atoms with E-state index in [4.69, 9.17) is 9.57 Å². The third-order valence-electron chi connectivity index (χ3n) is 6.85. The molecule has 5 rings (SSSR count). The largest absolute Gasteiger partial charge is 0.573 e. The highest BCUT2D eigenvalue weighted by Gasteiger charge is 2.33. The molecule has 46 heavy (non-hydrogen) atoms. The summed E-state index contributed by atoms with van der Waals surface area (Å²) in [7, 11) is 1.54. The fraction of sp³-hybridized carbons (Fsp3) is 0.258. The molecule has 15 heteroatoms. The SMILES string of the molecule is COc1ccc(C(C)C)c(N2C(=O)CS/C2=N\C(=O)NOC(C)c2ccc(-c3ncn(-c4ccc(OC(F)(F)F)cc4)n3)cc2)c1. The first-order valence-electron chi connectivity index (χ1n) is 14.0. The van der Waals surface area contributed by atoms with E-state index in [0.717, 1.165) is 22.9 Å². The number of aliphatic imine (C=N–C) groups is 1. The van der Waals surface area contributed by atoms with Gasteiger partial charge in [-0.05, 0) is 54.3 Å². The second-order valence-electron chi connectivity index (χ2n) is 10.3. The van der Waals surface area contributed by atoms with Crippen LogP contribution in [0.2, 0.25) is 0 Å². The fourth-order valence-corrected chi connectivity index (χ4v) is 5.41. The predicted octanol–water partition coefficient (Wildman–Crippen LogP) is 6.80. The molecule has 11 nitrogen and oxygen atoms in total. The highest BCUT2D eigenvalue weighted by Crippen LogP contribution is 2.36. The molecule has 1 aromatic heterocycles. The number of hydrogen-bond donors (Lipinski definition) is 1. The Kier molecular flexibility index (Phi) is 9.63. The van der Waals surface area contributed by atoms with Crippen LogP contribution in [0.25, 0.3) is 17.1 Å². The van der Waals surface area contributed by atoms with Crippen LogP contribution in [-0.4, -0.2) is 51.1 Å². The zero-order valence-corrected chi connectivity index (χ0v) is 25.9. The molecule has 0 spiro atoms. The molecule has 1 aliphatic rings. The van der Waals surface area contributed by atoms with Crippen LogP contribution in [0.3, 0.4) is 0 Å². The maximum absolute atomic E-state index is 12.8. The van der Waals surface area contributed by atoms with Gasteiger partial charge in [-0.15, -0.1) is 18.3 Å². The van der Waals surface area contributed by atoms with Gasteiger partial charge in [0.1, 0.15) is 23.9 Å². The lowest BCUT2D eigenvalue weighted by molar-refractivity contribution is -0.274. The Morgan fingerprint density at radius 1 is 1.02 bits per heavy atom. The van der Waals surface area contributed by atoms with Gasteiger partial charge in [0.05, 0.1) is 24.2 Å². The number of alkyl halides is 3. The highest BCUT2D eigenvalue weighted by atomic mass is 32.2. The van der Waals surface area contributed by atoms with Crippen molar-refractivity contribution in [2.24, 2.45) is 4.99 Å². The first-order chi connectivity index (χ1) is 21.9. The van der Waals surface area contributed by atoms with Gasteiger partial charge in [0.15, 0.2) is 11.0 Å². The van der Waals surface area contributed by atoms with Crippen LogP contribution in [0.15, 0.2) is 78.0 Å². The molecule has 0 radical (unpaired) electrons. The van der Waals surface area contributed by atoms with Crippen LogP contribution >= 0.6 is 11.8 Å². The van der Waals surface area contributed by atoms with Crippen molar-refractivity contribution in [3.8, 4) is 28.6 Å². The Hall–Kier alpha value is -4.89. The molecule has 1 N–H and O–H groups in total. The number of benzene rings is 3. The van der Waals surface area contributed by atoms with E-state index in [0.29, 0.717) is 28.5 Å². The van der Waals surface area contributed by atoms with Crippen LogP contribution in [0.1, 0.15) is 43.9 Å². The number of rotatable bonds is 9. The number of halogens is 3. The van der Waals surface area contributed by atoms with Crippen molar-refractivity contribution < 1.29 is 37.1 Å².